The number of fused-ring (bicyclic) bond motifs is 1. The summed E-state index contributed by atoms with van der Waals surface area (Å²) < 4.78 is 40.0. The van der Waals surface area contributed by atoms with Crippen LogP contribution in [0.15, 0.2) is 24.3 Å². The van der Waals surface area contributed by atoms with Crippen LogP contribution in [0.4, 0.5) is 13.2 Å². The Morgan fingerprint density at radius 2 is 2.05 bits per heavy atom. The second-order valence-electron chi connectivity index (χ2n) is 4.87. The number of halogens is 3. The Labute approximate surface area is 120 Å². The Kier molecular flexibility index (Phi) is 5.19. The standard InChI is InChI=1S/C14H17F3N2O2/c15-14(16,17)9-21-6-5-18-13(20)12-7-10-3-1-2-4-11(10)8-19-12/h1-4,12,19H,5-9H2,(H,18,20). The molecule has 0 bridgehead atoms. The SMILES string of the molecule is O=C(NCCOCC(F)(F)F)C1Cc2ccccc2CN1. The van der Waals surface area contributed by atoms with Gasteiger partial charge < -0.3 is 15.4 Å². The van der Waals surface area contributed by atoms with Crippen LogP contribution in [0.3, 0.4) is 0 Å². The van der Waals surface area contributed by atoms with E-state index in [4.69, 9.17) is 0 Å². The van der Waals surface area contributed by atoms with E-state index in [9.17, 15) is 18.0 Å². The number of nitrogens with one attached hydrogen (secondary N) is 2. The quantitative estimate of drug-likeness (QED) is 0.808. The molecule has 0 aliphatic carbocycles. The smallest absolute Gasteiger partial charge is 0.370 e. The molecule has 1 heterocycles. The van der Waals surface area contributed by atoms with Gasteiger partial charge in [-0.1, -0.05) is 24.3 Å². The Morgan fingerprint density at radius 3 is 2.76 bits per heavy atom. The van der Waals surface area contributed by atoms with E-state index >= 15 is 0 Å². The average Bonchev–Trinajstić information content (AvgIpc) is 2.45. The molecule has 0 radical (unpaired) electrons. The number of carbonyl (C=O) groups excluding carboxylic acids is 1. The van der Waals surface area contributed by atoms with Crippen molar-refractivity contribution in [1.82, 2.24) is 10.6 Å². The van der Waals surface area contributed by atoms with Crippen molar-refractivity contribution >= 4 is 5.91 Å². The number of alkyl halides is 3. The zero-order valence-corrected chi connectivity index (χ0v) is 11.4. The van der Waals surface area contributed by atoms with E-state index < -0.39 is 12.8 Å². The van der Waals surface area contributed by atoms with Gasteiger partial charge in [-0.2, -0.15) is 13.2 Å². The molecule has 7 heteroatoms. The maximum absolute atomic E-state index is 11.9. The maximum Gasteiger partial charge on any atom is 0.411 e. The van der Waals surface area contributed by atoms with Gasteiger partial charge in [0.05, 0.1) is 12.6 Å². The van der Waals surface area contributed by atoms with Crippen molar-refractivity contribution in [3.05, 3.63) is 35.4 Å². The highest BCUT2D eigenvalue weighted by molar-refractivity contribution is 5.82. The molecule has 0 saturated carbocycles. The van der Waals surface area contributed by atoms with E-state index in [0.29, 0.717) is 13.0 Å². The molecule has 4 nitrogen and oxygen atoms in total. The van der Waals surface area contributed by atoms with Crippen molar-refractivity contribution in [1.29, 1.82) is 0 Å². The lowest BCUT2D eigenvalue weighted by molar-refractivity contribution is -0.173. The summed E-state index contributed by atoms with van der Waals surface area (Å²) >= 11 is 0. The third-order valence-electron chi connectivity index (χ3n) is 3.21. The van der Waals surface area contributed by atoms with Gasteiger partial charge in [-0.3, -0.25) is 4.79 Å². The first-order valence-electron chi connectivity index (χ1n) is 6.68. The number of rotatable bonds is 5. The van der Waals surface area contributed by atoms with Gasteiger partial charge in [0.2, 0.25) is 5.91 Å². The van der Waals surface area contributed by atoms with Crippen molar-refractivity contribution in [3.8, 4) is 0 Å². The highest BCUT2D eigenvalue weighted by atomic mass is 19.4. The molecule has 21 heavy (non-hydrogen) atoms. The fourth-order valence-electron chi connectivity index (χ4n) is 2.20. The first kappa shape index (κ1) is 15.8. The molecule has 1 aromatic carbocycles. The second-order valence-corrected chi connectivity index (χ2v) is 4.87. The highest BCUT2D eigenvalue weighted by Crippen LogP contribution is 2.16. The molecule has 116 valence electrons. The third-order valence-corrected chi connectivity index (χ3v) is 3.21. The Hall–Kier alpha value is -1.60. The molecule has 1 amide bonds. The predicted molar refractivity (Wildman–Crippen MR) is 70.7 cm³/mol. The molecule has 0 aromatic heterocycles. The predicted octanol–water partition coefficient (Wildman–Crippen LogP) is 1.40. The molecular formula is C14H17F3N2O2. The fraction of sp³-hybridized carbons (Fsp3) is 0.500. The van der Waals surface area contributed by atoms with Crippen molar-refractivity contribution in [2.45, 2.75) is 25.2 Å². The largest absolute Gasteiger partial charge is 0.411 e. The van der Waals surface area contributed by atoms with Crippen LogP contribution in [-0.2, 0) is 22.5 Å². The molecule has 1 unspecified atom stereocenters. The second kappa shape index (κ2) is 6.91. The lowest BCUT2D eigenvalue weighted by Gasteiger charge is -2.25. The molecule has 2 N–H and O–H groups in total. The molecule has 0 saturated heterocycles. The van der Waals surface area contributed by atoms with Crippen LogP contribution < -0.4 is 10.6 Å². The van der Waals surface area contributed by atoms with Crippen molar-refractivity contribution in [3.63, 3.8) is 0 Å². The van der Waals surface area contributed by atoms with Crippen molar-refractivity contribution in [2.75, 3.05) is 19.8 Å². The topological polar surface area (TPSA) is 50.4 Å². The van der Waals surface area contributed by atoms with Gasteiger partial charge in [-0.25, -0.2) is 0 Å². The summed E-state index contributed by atoms with van der Waals surface area (Å²) in [6.07, 6.45) is -3.76. The van der Waals surface area contributed by atoms with Crippen LogP contribution in [0.1, 0.15) is 11.1 Å². The summed E-state index contributed by atoms with van der Waals surface area (Å²) in [7, 11) is 0. The van der Waals surface area contributed by atoms with Crippen LogP contribution in [-0.4, -0.2) is 37.9 Å². The van der Waals surface area contributed by atoms with Gasteiger partial charge in [-0.05, 0) is 17.5 Å². The minimum Gasteiger partial charge on any atom is -0.370 e. The fourth-order valence-corrected chi connectivity index (χ4v) is 2.20. The van der Waals surface area contributed by atoms with E-state index in [0.717, 1.165) is 11.1 Å². The monoisotopic (exact) mass is 302 g/mol. The van der Waals surface area contributed by atoms with Crippen LogP contribution in [0.25, 0.3) is 0 Å². The zero-order valence-electron chi connectivity index (χ0n) is 11.4. The van der Waals surface area contributed by atoms with E-state index in [1.807, 2.05) is 24.3 Å². The first-order valence-corrected chi connectivity index (χ1v) is 6.68. The third kappa shape index (κ3) is 5.02. The Morgan fingerprint density at radius 1 is 1.33 bits per heavy atom. The summed E-state index contributed by atoms with van der Waals surface area (Å²) in [6.45, 7) is -0.778. The molecule has 0 spiro atoms. The van der Waals surface area contributed by atoms with Gasteiger partial charge >= 0.3 is 6.18 Å². The van der Waals surface area contributed by atoms with Crippen molar-refractivity contribution < 1.29 is 22.7 Å². The highest BCUT2D eigenvalue weighted by Gasteiger charge is 2.27. The minimum absolute atomic E-state index is 0.0642. The van der Waals surface area contributed by atoms with Gasteiger partial charge in [0, 0.05) is 13.1 Å². The van der Waals surface area contributed by atoms with Crippen LogP contribution in [0.2, 0.25) is 0 Å². The van der Waals surface area contributed by atoms with E-state index in [-0.39, 0.29) is 25.1 Å². The van der Waals surface area contributed by atoms with Crippen LogP contribution in [0, 0.1) is 0 Å². The van der Waals surface area contributed by atoms with Gasteiger partial charge in [0.15, 0.2) is 0 Å². The number of ether oxygens (including phenoxy) is 1. The number of amides is 1. The summed E-state index contributed by atoms with van der Waals surface area (Å²) in [6, 6.07) is 7.48. The zero-order chi connectivity index (χ0) is 15.3. The normalized spacial score (nSPS) is 18.1. The summed E-state index contributed by atoms with van der Waals surface area (Å²) in [5.74, 6) is -0.222. The van der Waals surface area contributed by atoms with Crippen LogP contribution >= 0.6 is 0 Å². The summed E-state index contributed by atoms with van der Waals surface area (Å²) in [5, 5.41) is 5.68. The molecular weight excluding hydrogens is 285 g/mol. The molecule has 1 aromatic rings. The van der Waals surface area contributed by atoms with Crippen LogP contribution in [0.5, 0.6) is 0 Å². The summed E-state index contributed by atoms with van der Waals surface area (Å²) in [4.78, 5) is 11.9. The van der Waals surface area contributed by atoms with Crippen molar-refractivity contribution in [2.24, 2.45) is 0 Å². The Balaban J connectivity index is 1.70. The van der Waals surface area contributed by atoms with E-state index in [2.05, 4.69) is 15.4 Å². The first-order chi connectivity index (χ1) is 9.96. The Bertz CT molecular complexity index is 491. The average molecular weight is 302 g/mol. The molecule has 2 rings (SSSR count). The van der Waals surface area contributed by atoms with E-state index in [1.165, 1.54) is 0 Å². The lowest BCUT2D eigenvalue weighted by Crippen LogP contribution is -2.48. The minimum atomic E-state index is -4.33. The molecule has 1 atom stereocenters. The lowest BCUT2D eigenvalue weighted by atomic mass is 9.95. The number of hydrogen-bond donors (Lipinski definition) is 2. The number of benzene rings is 1. The van der Waals surface area contributed by atoms with E-state index in [1.54, 1.807) is 0 Å². The van der Waals surface area contributed by atoms with Gasteiger partial charge in [0.25, 0.3) is 0 Å². The maximum atomic E-state index is 11.9. The summed E-state index contributed by atoms with van der Waals surface area (Å²) in [5.41, 5.74) is 2.28. The molecule has 0 fully saturated rings. The number of hydrogen-bond acceptors (Lipinski definition) is 3. The van der Waals surface area contributed by atoms with Gasteiger partial charge in [-0.15, -0.1) is 0 Å². The van der Waals surface area contributed by atoms with Gasteiger partial charge in [0.1, 0.15) is 6.61 Å². The molecule has 1 aliphatic rings. The molecule has 1 aliphatic heterocycles. The number of carbonyl (C=O) groups is 1.